The Morgan fingerprint density at radius 3 is 2.19 bits per heavy atom. The summed E-state index contributed by atoms with van der Waals surface area (Å²) < 4.78 is 0. The first-order valence-electron chi connectivity index (χ1n) is 11.4. The van der Waals surface area contributed by atoms with Gasteiger partial charge in [-0.05, 0) is 61.3 Å². The van der Waals surface area contributed by atoms with E-state index in [0.29, 0.717) is 12.0 Å². The molecule has 2 aliphatic heterocycles. The topological polar surface area (TPSA) is 55.9 Å². The van der Waals surface area contributed by atoms with Crippen LogP contribution in [-0.4, -0.2) is 60.9 Å². The van der Waals surface area contributed by atoms with Gasteiger partial charge in [0.25, 0.3) is 5.91 Å². The van der Waals surface area contributed by atoms with E-state index in [4.69, 9.17) is 0 Å². The van der Waals surface area contributed by atoms with Gasteiger partial charge in [0, 0.05) is 62.6 Å². The average Bonchev–Trinajstić information content (AvgIpc) is 2.81. The van der Waals surface area contributed by atoms with Gasteiger partial charge in [-0.2, -0.15) is 0 Å². The van der Waals surface area contributed by atoms with Gasteiger partial charge in [0.05, 0.1) is 0 Å². The molecule has 0 radical (unpaired) electrons. The molecule has 2 aromatic carbocycles. The van der Waals surface area contributed by atoms with Crippen molar-refractivity contribution in [3.05, 3.63) is 59.7 Å². The molecule has 2 aromatic rings. The van der Waals surface area contributed by atoms with Crippen LogP contribution in [0, 0.1) is 0 Å². The van der Waals surface area contributed by atoms with Gasteiger partial charge in [0.2, 0.25) is 5.91 Å². The molecule has 2 amide bonds. The number of hydrogen-bond donors (Lipinski definition) is 1. The summed E-state index contributed by atoms with van der Waals surface area (Å²) in [6, 6.07) is 15.4. The van der Waals surface area contributed by atoms with E-state index < -0.39 is 0 Å². The zero-order valence-electron chi connectivity index (χ0n) is 18.3. The molecule has 31 heavy (non-hydrogen) atoms. The fraction of sp³-hybridized carbons (Fsp3) is 0.440. The fourth-order valence-corrected chi connectivity index (χ4v) is 4.29. The Labute approximate surface area is 184 Å². The molecule has 6 heteroatoms. The highest BCUT2D eigenvalue weighted by molar-refractivity contribution is 6.04. The van der Waals surface area contributed by atoms with Crippen molar-refractivity contribution in [1.29, 1.82) is 0 Å². The third-order valence-electron chi connectivity index (χ3n) is 6.29. The summed E-state index contributed by atoms with van der Waals surface area (Å²) in [6.45, 7) is 9.52. The number of benzene rings is 2. The van der Waals surface area contributed by atoms with Gasteiger partial charge in [0.15, 0.2) is 0 Å². The summed E-state index contributed by atoms with van der Waals surface area (Å²) in [7, 11) is 0. The molecule has 1 N–H and O–H groups in total. The molecule has 0 saturated carbocycles. The van der Waals surface area contributed by atoms with E-state index in [1.807, 2.05) is 29.2 Å². The highest BCUT2D eigenvalue weighted by Crippen LogP contribution is 2.22. The van der Waals surface area contributed by atoms with Crippen LogP contribution in [-0.2, 0) is 11.3 Å². The second kappa shape index (κ2) is 10.1. The molecular formula is C25H32N4O2. The summed E-state index contributed by atoms with van der Waals surface area (Å²) in [6.07, 6.45) is 2.59. The molecule has 0 aromatic heterocycles. The lowest BCUT2D eigenvalue weighted by molar-refractivity contribution is -0.119. The van der Waals surface area contributed by atoms with Crippen LogP contribution in [0.5, 0.6) is 0 Å². The zero-order valence-corrected chi connectivity index (χ0v) is 18.3. The summed E-state index contributed by atoms with van der Waals surface area (Å²) in [5, 5.41) is 2.97. The van der Waals surface area contributed by atoms with Crippen molar-refractivity contribution in [2.75, 3.05) is 49.5 Å². The number of amides is 2. The molecule has 0 spiro atoms. The van der Waals surface area contributed by atoms with Gasteiger partial charge >= 0.3 is 0 Å². The minimum Gasteiger partial charge on any atom is -0.322 e. The molecule has 0 unspecified atom stereocenters. The molecule has 6 nitrogen and oxygen atoms in total. The maximum absolute atomic E-state index is 12.6. The van der Waals surface area contributed by atoms with Gasteiger partial charge in [0.1, 0.15) is 0 Å². The van der Waals surface area contributed by atoms with Gasteiger partial charge in [-0.3, -0.25) is 14.5 Å². The van der Waals surface area contributed by atoms with Gasteiger partial charge in [-0.15, -0.1) is 0 Å². The minimum absolute atomic E-state index is 0.139. The molecule has 2 saturated heterocycles. The Hall–Kier alpha value is -2.70. The highest BCUT2D eigenvalue weighted by atomic mass is 16.2. The lowest BCUT2D eigenvalue weighted by Gasteiger charge is -2.34. The number of rotatable bonds is 6. The van der Waals surface area contributed by atoms with Crippen molar-refractivity contribution in [1.82, 2.24) is 9.80 Å². The van der Waals surface area contributed by atoms with Gasteiger partial charge in [-0.25, -0.2) is 0 Å². The number of hydrogen-bond acceptors (Lipinski definition) is 4. The number of nitrogens with one attached hydrogen (secondary N) is 1. The van der Waals surface area contributed by atoms with Crippen LogP contribution in [0.25, 0.3) is 0 Å². The summed E-state index contributed by atoms with van der Waals surface area (Å²) in [4.78, 5) is 31.5. The smallest absolute Gasteiger partial charge is 0.255 e. The molecule has 4 rings (SSSR count). The monoisotopic (exact) mass is 420 g/mol. The maximum Gasteiger partial charge on any atom is 0.255 e. The minimum atomic E-state index is -0.139. The van der Waals surface area contributed by atoms with Gasteiger partial charge < -0.3 is 15.1 Å². The summed E-state index contributed by atoms with van der Waals surface area (Å²) in [5.74, 6) is 0.0238. The van der Waals surface area contributed by atoms with Crippen LogP contribution in [0.3, 0.4) is 0 Å². The number of piperazine rings is 1. The molecule has 0 atom stereocenters. The first-order chi connectivity index (χ1) is 15.1. The SMILES string of the molecule is CCN1CCN(Cc2ccc(NC(=O)c3ccc(N4CCCCC4=O)cc3)cc2)CC1. The van der Waals surface area contributed by atoms with Crippen LogP contribution in [0.1, 0.15) is 42.1 Å². The quantitative estimate of drug-likeness (QED) is 0.776. The second-order valence-electron chi connectivity index (χ2n) is 8.41. The van der Waals surface area contributed by atoms with Crippen molar-refractivity contribution in [2.24, 2.45) is 0 Å². The normalized spacial score (nSPS) is 18.2. The Morgan fingerprint density at radius 1 is 0.871 bits per heavy atom. The van der Waals surface area contributed by atoms with Crippen molar-refractivity contribution >= 4 is 23.2 Å². The van der Waals surface area contributed by atoms with Crippen molar-refractivity contribution < 1.29 is 9.59 Å². The average molecular weight is 421 g/mol. The van der Waals surface area contributed by atoms with Crippen LogP contribution >= 0.6 is 0 Å². The number of anilines is 2. The van der Waals surface area contributed by atoms with E-state index in [0.717, 1.165) is 70.0 Å². The van der Waals surface area contributed by atoms with Crippen LogP contribution < -0.4 is 10.2 Å². The Bertz CT molecular complexity index is 887. The molecule has 0 bridgehead atoms. The van der Waals surface area contributed by atoms with Crippen LogP contribution in [0.4, 0.5) is 11.4 Å². The molecular weight excluding hydrogens is 388 g/mol. The number of likely N-dealkylation sites (N-methyl/N-ethyl adjacent to an activating group) is 1. The second-order valence-corrected chi connectivity index (χ2v) is 8.41. The predicted molar refractivity (Wildman–Crippen MR) is 124 cm³/mol. The summed E-state index contributed by atoms with van der Waals surface area (Å²) in [5.41, 5.74) is 3.51. The number of carbonyl (C=O) groups excluding carboxylic acids is 2. The number of piperidine rings is 1. The van der Waals surface area contributed by atoms with E-state index in [9.17, 15) is 9.59 Å². The van der Waals surface area contributed by atoms with E-state index in [-0.39, 0.29) is 11.8 Å². The van der Waals surface area contributed by atoms with Crippen molar-refractivity contribution in [3.8, 4) is 0 Å². The predicted octanol–water partition coefficient (Wildman–Crippen LogP) is 3.59. The van der Waals surface area contributed by atoms with Crippen LogP contribution in [0.2, 0.25) is 0 Å². The lowest BCUT2D eigenvalue weighted by Crippen LogP contribution is -2.45. The lowest BCUT2D eigenvalue weighted by atomic mass is 10.1. The van der Waals surface area contributed by atoms with E-state index in [1.165, 1.54) is 5.56 Å². The summed E-state index contributed by atoms with van der Waals surface area (Å²) >= 11 is 0. The molecule has 2 fully saturated rings. The highest BCUT2D eigenvalue weighted by Gasteiger charge is 2.20. The number of carbonyl (C=O) groups is 2. The van der Waals surface area contributed by atoms with Crippen LogP contribution in [0.15, 0.2) is 48.5 Å². The van der Waals surface area contributed by atoms with Crippen molar-refractivity contribution in [3.63, 3.8) is 0 Å². The fourth-order valence-electron chi connectivity index (χ4n) is 4.29. The first-order valence-corrected chi connectivity index (χ1v) is 11.4. The van der Waals surface area contributed by atoms with E-state index >= 15 is 0 Å². The third-order valence-corrected chi connectivity index (χ3v) is 6.29. The zero-order chi connectivity index (χ0) is 21.6. The van der Waals surface area contributed by atoms with E-state index in [2.05, 4.69) is 34.2 Å². The van der Waals surface area contributed by atoms with Crippen molar-refractivity contribution in [2.45, 2.75) is 32.7 Å². The Kier molecular flexibility index (Phi) is 6.99. The standard InChI is InChI=1S/C25H32N4O2/c1-2-27-15-17-28(18-16-27)19-20-6-10-22(11-7-20)26-25(31)21-8-12-23(13-9-21)29-14-4-3-5-24(29)30/h6-13H,2-5,14-19H2,1H3,(H,26,31). The first kappa shape index (κ1) is 21.5. The molecule has 2 aliphatic rings. The molecule has 0 aliphatic carbocycles. The third kappa shape index (κ3) is 5.51. The Balaban J connectivity index is 1.31. The maximum atomic E-state index is 12.6. The Morgan fingerprint density at radius 2 is 1.55 bits per heavy atom. The van der Waals surface area contributed by atoms with Gasteiger partial charge in [-0.1, -0.05) is 19.1 Å². The number of nitrogens with zero attached hydrogens (tertiary/aromatic N) is 3. The largest absolute Gasteiger partial charge is 0.322 e. The molecule has 164 valence electrons. The van der Waals surface area contributed by atoms with E-state index in [1.54, 1.807) is 12.1 Å². The molecule has 2 heterocycles.